The van der Waals surface area contributed by atoms with Crippen molar-refractivity contribution in [3.8, 4) is 0 Å². The van der Waals surface area contributed by atoms with Crippen LogP contribution in [0.1, 0.15) is 13.3 Å². The van der Waals surface area contributed by atoms with E-state index in [1.807, 2.05) is 6.26 Å². The van der Waals surface area contributed by atoms with E-state index >= 15 is 0 Å². The van der Waals surface area contributed by atoms with Crippen LogP contribution in [0.5, 0.6) is 0 Å². The second kappa shape index (κ2) is 8.53. The second-order valence-corrected chi connectivity index (χ2v) is 7.48. The lowest BCUT2D eigenvalue weighted by Crippen LogP contribution is -2.08. The summed E-state index contributed by atoms with van der Waals surface area (Å²) in [5, 5.41) is 0. The van der Waals surface area contributed by atoms with Gasteiger partial charge in [0, 0.05) is 5.75 Å². The fourth-order valence-electron chi connectivity index (χ4n) is 0.573. The third-order valence-electron chi connectivity index (χ3n) is 1.03. The second-order valence-electron chi connectivity index (χ2n) is 2.04. The molecule has 0 saturated heterocycles. The van der Waals surface area contributed by atoms with Crippen LogP contribution in [0.3, 0.4) is 0 Å². The van der Waals surface area contributed by atoms with E-state index in [0.717, 1.165) is 12.2 Å². The van der Waals surface area contributed by atoms with E-state index in [2.05, 4.69) is 11.8 Å². The van der Waals surface area contributed by atoms with Crippen LogP contribution in [0.15, 0.2) is 0 Å². The summed E-state index contributed by atoms with van der Waals surface area (Å²) >= 11 is 4.62. The molecule has 0 fully saturated rings. The third kappa shape index (κ3) is 9.53. The lowest BCUT2D eigenvalue weighted by molar-refractivity contribution is -0.206. The van der Waals surface area contributed by atoms with Crippen molar-refractivity contribution in [1.82, 2.24) is 0 Å². The Kier molecular flexibility index (Phi) is 9.34. The molecule has 0 heterocycles. The molecule has 0 bridgehead atoms. The molecule has 3 nitrogen and oxygen atoms in total. The van der Waals surface area contributed by atoms with Crippen LogP contribution >= 0.6 is 28.3 Å². The smallest absolute Gasteiger partial charge is 0.115 e. The quantitative estimate of drug-likeness (QED) is 0.378. The summed E-state index contributed by atoms with van der Waals surface area (Å²) in [6, 6.07) is 0. The first-order valence-electron chi connectivity index (χ1n) is 3.88. The first kappa shape index (κ1) is 14.2. The zero-order valence-electron chi connectivity index (χ0n) is 7.73. The minimum absolute atomic E-state index is 0.334. The Morgan fingerprint density at radius 2 is 2.15 bits per heavy atom. The standard InChI is InChI=1S/C6H15O3PS3/c1-3-8-10(7,11)9-5-4-6-13-12-2/h3-6H2,1-2H3,(H,7,11)/p-1. The van der Waals surface area contributed by atoms with E-state index in [1.54, 1.807) is 28.5 Å². The van der Waals surface area contributed by atoms with Crippen LogP contribution in [0, 0.1) is 0 Å². The average molecular weight is 261 g/mol. The molecule has 0 rings (SSSR count). The van der Waals surface area contributed by atoms with Crippen molar-refractivity contribution in [2.75, 3.05) is 25.2 Å². The average Bonchev–Trinajstić information content (AvgIpc) is 2.04. The Morgan fingerprint density at radius 1 is 1.46 bits per heavy atom. The van der Waals surface area contributed by atoms with Crippen molar-refractivity contribution in [1.29, 1.82) is 0 Å². The van der Waals surface area contributed by atoms with E-state index in [-0.39, 0.29) is 0 Å². The maximum Gasteiger partial charge on any atom is 0.115 e. The summed E-state index contributed by atoms with van der Waals surface area (Å²) < 4.78 is 9.71. The van der Waals surface area contributed by atoms with Crippen LogP contribution < -0.4 is 4.89 Å². The molecule has 0 spiro atoms. The highest BCUT2D eigenvalue weighted by molar-refractivity contribution is 8.76. The van der Waals surface area contributed by atoms with Crippen molar-refractivity contribution in [2.45, 2.75) is 13.3 Å². The molecule has 0 aromatic heterocycles. The normalized spacial score (nSPS) is 15.6. The zero-order chi connectivity index (χ0) is 10.2. The predicted molar refractivity (Wildman–Crippen MR) is 62.5 cm³/mol. The van der Waals surface area contributed by atoms with E-state index < -0.39 is 6.72 Å². The minimum Gasteiger partial charge on any atom is -0.780 e. The number of rotatable bonds is 8. The maximum atomic E-state index is 11.2. The van der Waals surface area contributed by atoms with Crippen LogP contribution in [-0.2, 0) is 20.9 Å². The van der Waals surface area contributed by atoms with Gasteiger partial charge in [-0.15, -0.1) is 0 Å². The summed E-state index contributed by atoms with van der Waals surface area (Å²) in [6.07, 6.45) is 2.86. The fourth-order valence-corrected chi connectivity index (χ4v) is 3.11. The molecular weight excluding hydrogens is 247 g/mol. The Hall–Kier alpha value is 1.23. The van der Waals surface area contributed by atoms with Gasteiger partial charge in [-0.05, 0) is 19.6 Å². The molecule has 0 amide bonds. The topological polar surface area (TPSA) is 41.5 Å². The Balaban J connectivity index is 3.35. The first-order chi connectivity index (χ1) is 6.12. The van der Waals surface area contributed by atoms with Crippen molar-refractivity contribution >= 4 is 40.1 Å². The van der Waals surface area contributed by atoms with E-state index in [9.17, 15) is 4.89 Å². The van der Waals surface area contributed by atoms with E-state index in [4.69, 9.17) is 9.05 Å². The van der Waals surface area contributed by atoms with Gasteiger partial charge in [-0.3, -0.25) is 0 Å². The molecular formula is C6H14O3PS3-. The summed E-state index contributed by atoms with van der Waals surface area (Å²) in [6.45, 7) is -0.687. The van der Waals surface area contributed by atoms with E-state index in [0.29, 0.717) is 13.2 Å². The summed E-state index contributed by atoms with van der Waals surface area (Å²) in [5.74, 6) is 0.975. The molecule has 1 atom stereocenters. The van der Waals surface area contributed by atoms with Gasteiger partial charge < -0.3 is 13.9 Å². The highest BCUT2D eigenvalue weighted by Gasteiger charge is 2.01. The number of hydrogen-bond acceptors (Lipinski definition) is 6. The van der Waals surface area contributed by atoms with Crippen LogP contribution in [0.25, 0.3) is 0 Å². The lowest BCUT2D eigenvalue weighted by Gasteiger charge is -2.26. The SMILES string of the molecule is CCOP([O-])(=S)OCCCSSC. The van der Waals surface area contributed by atoms with Gasteiger partial charge in [0.15, 0.2) is 0 Å². The molecule has 13 heavy (non-hydrogen) atoms. The van der Waals surface area contributed by atoms with Gasteiger partial charge in [0.1, 0.15) is 6.72 Å². The van der Waals surface area contributed by atoms with Crippen molar-refractivity contribution < 1.29 is 13.9 Å². The molecule has 0 saturated carbocycles. The molecule has 0 aliphatic rings. The Labute approximate surface area is 92.6 Å². The monoisotopic (exact) mass is 261 g/mol. The number of hydrogen-bond donors (Lipinski definition) is 0. The summed E-state index contributed by atoms with van der Waals surface area (Å²) in [4.78, 5) is 11.2. The lowest BCUT2D eigenvalue weighted by atomic mass is 10.5. The Bertz CT molecular complexity index is 167. The first-order valence-corrected chi connectivity index (χ1v) is 9.16. The molecule has 0 aromatic rings. The molecule has 0 aliphatic carbocycles. The van der Waals surface area contributed by atoms with Gasteiger partial charge in [0.25, 0.3) is 0 Å². The van der Waals surface area contributed by atoms with Crippen molar-refractivity contribution in [3.05, 3.63) is 0 Å². The van der Waals surface area contributed by atoms with Crippen molar-refractivity contribution in [2.24, 2.45) is 0 Å². The van der Waals surface area contributed by atoms with Gasteiger partial charge in [0.2, 0.25) is 0 Å². The fraction of sp³-hybridized carbons (Fsp3) is 1.00. The third-order valence-corrected chi connectivity index (χ3v) is 4.63. The van der Waals surface area contributed by atoms with Gasteiger partial charge in [0.05, 0.1) is 13.2 Å². The van der Waals surface area contributed by atoms with Crippen LogP contribution in [-0.4, -0.2) is 25.2 Å². The summed E-state index contributed by atoms with van der Waals surface area (Å²) in [7, 11) is 3.45. The largest absolute Gasteiger partial charge is 0.780 e. The molecule has 80 valence electrons. The Morgan fingerprint density at radius 3 is 2.69 bits per heavy atom. The van der Waals surface area contributed by atoms with Gasteiger partial charge in [-0.25, -0.2) is 0 Å². The molecule has 0 aliphatic heterocycles. The van der Waals surface area contributed by atoms with Gasteiger partial charge >= 0.3 is 0 Å². The maximum absolute atomic E-state index is 11.2. The van der Waals surface area contributed by atoms with Crippen molar-refractivity contribution in [3.63, 3.8) is 0 Å². The van der Waals surface area contributed by atoms with Crippen LogP contribution in [0.4, 0.5) is 0 Å². The summed E-state index contributed by atoms with van der Waals surface area (Å²) in [5.41, 5.74) is 0. The highest BCUT2D eigenvalue weighted by Crippen LogP contribution is 2.38. The molecule has 0 radical (unpaired) electrons. The molecule has 0 N–H and O–H groups in total. The van der Waals surface area contributed by atoms with Gasteiger partial charge in [-0.2, -0.15) is 0 Å². The highest BCUT2D eigenvalue weighted by atomic mass is 33.1. The van der Waals surface area contributed by atoms with Gasteiger partial charge in [-0.1, -0.05) is 33.4 Å². The molecule has 0 aromatic carbocycles. The zero-order valence-corrected chi connectivity index (χ0v) is 11.1. The molecule has 1 unspecified atom stereocenters. The predicted octanol–water partition coefficient (Wildman–Crippen LogP) is 2.03. The minimum atomic E-state index is -3.17. The molecule has 7 heteroatoms. The van der Waals surface area contributed by atoms with E-state index in [1.165, 1.54) is 0 Å². The van der Waals surface area contributed by atoms with Crippen LogP contribution in [0.2, 0.25) is 0 Å².